The number of unbranched alkanes of at least 4 members (excludes halogenated alkanes) is 4. The van der Waals surface area contributed by atoms with E-state index >= 15 is 0 Å². The molecular formula is C15H23ClN2O. The van der Waals surface area contributed by atoms with Gasteiger partial charge in [-0.15, -0.1) is 0 Å². The van der Waals surface area contributed by atoms with Crippen molar-refractivity contribution in [2.75, 3.05) is 5.32 Å². The lowest BCUT2D eigenvalue weighted by molar-refractivity contribution is -0.118. The minimum absolute atomic E-state index is 0.301. The molecule has 4 heteroatoms. The molecule has 0 fully saturated rings. The van der Waals surface area contributed by atoms with Crippen LogP contribution in [-0.4, -0.2) is 11.9 Å². The fourth-order valence-electron chi connectivity index (χ4n) is 1.98. The van der Waals surface area contributed by atoms with E-state index in [1.807, 2.05) is 12.1 Å². The minimum Gasteiger partial charge on any atom is -0.374 e. The summed E-state index contributed by atoms with van der Waals surface area (Å²) < 4.78 is 0. The average molecular weight is 283 g/mol. The van der Waals surface area contributed by atoms with E-state index in [0.29, 0.717) is 5.02 Å². The second kappa shape index (κ2) is 8.81. The SMILES string of the molecule is CCCCCCCC(Nc1ccc(Cl)cc1)C(N)=O. The van der Waals surface area contributed by atoms with Gasteiger partial charge in [-0.2, -0.15) is 0 Å². The second-order valence-electron chi connectivity index (χ2n) is 4.81. The number of nitrogens with one attached hydrogen (secondary N) is 1. The molecule has 0 spiro atoms. The Morgan fingerprint density at radius 1 is 1.21 bits per heavy atom. The van der Waals surface area contributed by atoms with Crippen LogP contribution in [0.5, 0.6) is 0 Å². The molecule has 1 aromatic carbocycles. The van der Waals surface area contributed by atoms with E-state index in [4.69, 9.17) is 17.3 Å². The molecule has 1 rings (SSSR count). The fraction of sp³-hybridized carbons (Fsp3) is 0.533. The van der Waals surface area contributed by atoms with Crippen molar-refractivity contribution in [3.05, 3.63) is 29.3 Å². The number of carbonyl (C=O) groups excluding carboxylic acids is 1. The summed E-state index contributed by atoms with van der Waals surface area (Å²) in [6.07, 6.45) is 6.66. The number of rotatable bonds is 9. The van der Waals surface area contributed by atoms with Gasteiger partial charge in [-0.3, -0.25) is 4.79 Å². The van der Waals surface area contributed by atoms with E-state index in [1.54, 1.807) is 12.1 Å². The number of amides is 1. The first-order valence-corrected chi connectivity index (χ1v) is 7.32. The van der Waals surface area contributed by atoms with Gasteiger partial charge in [0.15, 0.2) is 0 Å². The van der Waals surface area contributed by atoms with Gasteiger partial charge < -0.3 is 11.1 Å². The van der Waals surface area contributed by atoms with Crippen molar-refractivity contribution in [1.29, 1.82) is 0 Å². The summed E-state index contributed by atoms with van der Waals surface area (Å²) in [5.41, 5.74) is 6.30. The van der Waals surface area contributed by atoms with Gasteiger partial charge in [0.1, 0.15) is 6.04 Å². The third-order valence-corrected chi connectivity index (χ3v) is 3.38. The van der Waals surface area contributed by atoms with Gasteiger partial charge in [-0.25, -0.2) is 0 Å². The molecule has 1 atom stereocenters. The molecule has 19 heavy (non-hydrogen) atoms. The topological polar surface area (TPSA) is 55.1 Å². The van der Waals surface area contributed by atoms with E-state index in [2.05, 4.69) is 12.2 Å². The number of nitrogens with two attached hydrogens (primary N) is 1. The molecule has 0 aliphatic carbocycles. The Labute approximate surface area is 120 Å². The van der Waals surface area contributed by atoms with Crippen LogP contribution in [0.3, 0.4) is 0 Å². The van der Waals surface area contributed by atoms with Crippen LogP contribution in [0.25, 0.3) is 0 Å². The van der Waals surface area contributed by atoms with Crippen LogP contribution in [0, 0.1) is 0 Å². The Balaban J connectivity index is 2.40. The van der Waals surface area contributed by atoms with Crippen LogP contribution >= 0.6 is 11.6 Å². The van der Waals surface area contributed by atoms with Crippen molar-refractivity contribution in [3.8, 4) is 0 Å². The van der Waals surface area contributed by atoms with Crippen LogP contribution in [0.4, 0.5) is 5.69 Å². The zero-order chi connectivity index (χ0) is 14.1. The number of carbonyl (C=O) groups is 1. The third kappa shape index (κ3) is 6.48. The van der Waals surface area contributed by atoms with Gasteiger partial charge >= 0.3 is 0 Å². The standard InChI is InChI=1S/C15H23ClN2O/c1-2-3-4-5-6-7-14(15(17)19)18-13-10-8-12(16)9-11-13/h8-11,14,18H,2-7H2,1H3,(H2,17,19). The fourth-order valence-corrected chi connectivity index (χ4v) is 2.11. The number of hydrogen-bond donors (Lipinski definition) is 2. The molecule has 106 valence electrons. The van der Waals surface area contributed by atoms with Crippen LogP contribution in [0.2, 0.25) is 5.02 Å². The minimum atomic E-state index is -0.303. The zero-order valence-corrected chi connectivity index (χ0v) is 12.2. The summed E-state index contributed by atoms with van der Waals surface area (Å²) in [5.74, 6) is -0.301. The maximum Gasteiger partial charge on any atom is 0.239 e. The molecule has 1 unspecified atom stereocenters. The Morgan fingerprint density at radius 3 is 2.42 bits per heavy atom. The van der Waals surface area contributed by atoms with E-state index in [9.17, 15) is 4.79 Å². The molecular weight excluding hydrogens is 260 g/mol. The molecule has 3 nitrogen and oxygen atoms in total. The lowest BCUT2D eigenvalue weighted by atomic mass is 10.1. The Kier molecular flexibility index (Phi) is 7.34. The average Bonchev–Trinajstić information content (AvgIpc) is 2.39. The molecule has 0 radical (unpaired) electrons. The molecule has 0 saturated heterocycles. The lowest BCUT2D eigenvalue weighted by Gasteiger charge is -2.16. The first-order chi connectivity index (χ1) is 9.13. The van der Waals surface area contributed by atoms with Crippen molar-refractivity contribution in [2.45, 2.75) is 51.5 Å². The Bertz CT molecular complexity index is 378. The summed E-state index contributed by atoms with van der Waals surface area (Å²) in [4.78, 5) is 11.4. The number of anilines is 1. The molecule has 0 aliphatic rings. The van der Waals surface area contributed by atoms with Crippen molar-refractivity contribution >= 4 is 23.2 Å². The predicted molar refractivity (Wildman–Crippen MR) is 81.4 cm³/mol. The first-order valence-electron chi connectivity index (χ1n) is 6.95. The van der Waals surface area contributed by atoms with E-state index in [0.717, 1.165) is 24.9 Å². The largest absolute Gasteiger partial charge is 0.374 e. The van der Waals surface area contributed by atoms with Crippen molar-refractivity contribution < 1.29 is 4.79 Å². The second-order valence-corrected chi connectivity index (χ2v) is 5.25. The number of hydrogen-bond acceptors (Lipinski definition) is 2. The highest BCUT2D eigenvalue weighted by Crippen LogP contribution is 2.16. The summed E-state index contributed by atoms with van der Waals surface area (Å²) in [7, 11) is 0. The van der Waals surface area contributed by atoms with Crippen LogP contribution in [0.15, 0.2) is 24.3 Å². The molecule has 0 aromatic heterocycles. The summed E-state index contributed by atoms with van der Waals surface area (Å²) in [5, 5.41) is 3.84. The van der Waals surface area contributed by atoms with Gasteiger partial charge in [0, 0.05) is 10.7 Å². The molecule has 1 amide bonds. The smallest absolute Gasteiger partial charge is 0.239 e. The van der Waals surface area contributed by atoms with Gasteiger partial charge in [0.25, 0.3) is 0 Å². The number of benzene rings is 1. The van der Waals surface area contributed by atoms with Crippen molar-refractivity contribution in [3.63, 3.8) is 0 Å². The van der Waals surface area contributed by atoms with E-state index in [1.165, 1.54) is 19.3 Å². The third-order valence-electron chi connectivity index (χ3n) is 3.12. The highest BCUT2D eigenvalue weighted by atomic mass is 35.5. The maximum absolute atomic E-state index is 11.4. The molecule has 0 heterocycles. The summed E-state index contributed by atoms with van der Waals surface area (Å²) >= 11 is 5.82. The van der Waals surface area contributed by atoms with Gasteiger partial charge in [-0.1, -0.05) is 50.6 Å². The monoisotopic (exact) mass is 282 g/mol. The quantitative estimate of drug-likeness (QED) is 0.674. The predicted octanol–water partition coefficient (Wildman–Crippen LogP) is 3.97. The molecule has 0 aliphatic heterocycles. The number of primary amides is 1. The van der Waals surface area contributed by atoms with Crippen LogP contribution < -0.4 is 11.1 Å². The highest BCUT2D eigenvalue weighted by molar-refractivity contribution is 6.30. The van der Waals surface area contributed by atoms with Gasteiger partial charge in [0.05, 0.1) is 0 Å². The van der Waals surface area contributed by atoms with Gasteiger partial charge in [0.2, 0.25) is 5.91 Å². The zero-order valence-electron chi connectivity index (χ0n) is 11.5. The van der Waals surface area contributed by atoms with Crippen LogP contribution in [0.1, 0.15) is 45.4 Å². The Hall–Kier alpha value is -1.22. The van der Waals surface area contributed by atoms with Crippen molar-refractivity contribution in [1.82, 2.24) is 0 Å². The van der Waals surface area contributed by atoms with Crippen LogP contribution in [-0.2, 0) is 4.79 Å². The number of halogens is 1. The lowest BCUT2D eigenvalue weighted by Crippen LogP contribution is -2.35. The normalized spacial score (nSPS) is 12.1. The molecule has 0 bridgehead atoms. The van der Waals surface area contributed by atoms with Crippen molar-refractivity contribution in [2.24, 2.45) is 5.73 Å². The highest BCUT2D eigenvalue weighted by Gasteiger charge is 2.14. The Morgan fingerprint density at radius 2 is 1.84 bits per heavy atom. The van der Waals surface area contributed by atoms with E-state index < -0.39 is 0 Å². The molecule has 0 saturated carbocycles. The summed E-state index contributed by atoms with van der Waals surface area (Å²) in [6, 6.07) is 7.00. The first kappa shape index (κ1) is 15.8. The molecule has 3 N–H and O–H groups in total. The summed E-state index contributed by atoms with van der Waals surface area (Å²) in [6.45, 7) is 2.19. The maximum atomic E-state index is 11.4. The van der Waals surface area contributed by atoms with E-state index in [-0.39, 0.29) is 11.9 Å². The van der Waals surface area contributed by atoms with Gasteiger partial charge in [-0.05, 0) is 30.7 Å². The molecule has 1 aromatic rings.